The summed E-state index contributed by atoms with van der Waals surface area (Å²) in [5.74, 6) is -4.79. The van der Waals surface area contributed by atoms with E-state index in [0.717, 1.165) is 11.5 Å². The minimum atomic E-state index is -3.02. The molecule has 26 nitrogen and oxygen atoms in total. The van der Waals surface area contributed by atoms with E-state index < -0.39 is 220 Å². The van der Waals surface area contributed by atoms with Crippen LogP contribution >= 0.6 is 8.83 Å². The second-order valence-electron chi connectivity index (χ2n) is 25.6. The number of fused-ring (bicyclic) bond motifs is 8. The number of rotatable bonds is 12. The first-order valence-electron chi connectivity index (χ1n) is 31.5. The van der Waals surface area contributed by atoms with Crippen molar-refractivity contribution in [2.45, 2.75) is 125 Å². The van der Waals surface area contributed by atoms with Crippen LogP contribution in [0.15, 0.2) is 84.9 Å². The monoisotopic (exact) mass is 1590 g/mol. The van der Waals surface area contributed by atoms with Crippen LogP contribution in [0.1, 0.15) is 151 Å². The van der Waals surface area contributed by atoms with E-state index in [1.807, 2.05) is 65.6 Å². The number of Topliss-reactive ketones (excluding diaryl/α,β-unsaturated/α-hetero) is 2. The molecule has 2 aliphatic heterocycles. The molecule has 0 aromatic heterocycles. The number of phenols is 4. The van der Waals surface area contributed by atoms with Crippen molar-refractivity contribution in [1.82, 2.24) is 3.06 Å². The summed E-state index contributed by atoms with van der Waals surface area (Å²) in [6.45, 7) is 1.68. The normalized spacial score (nSPS) is 27.2. The molecule has 0 spiro atoms. The number of benzene rings is 6. The summed E-state index contributed by atoms with van der Waals surface area (Å²) in [4.78, 5) is 80.5. The Labute approximate surface area is 581 Å². The molecular formula is C69H71ClN2O24Sb2. The summed E-state index contributed by atoms with van der Waals surface area (Å²) in [6.07, 6.45) is -5.76. The van der Waals surface area contributed by atoms with Crippen molar-refractivity contribution in [3.05, 3.63) is 152 Å². The number of carbonyl (C=O) groups excluding carboxylic acids is 6. The van der Waals surface area contributed by atoms with Crippen molar-refractivity contribution in [2.75, 3.05) is 34.5 Å². The van der Waals surface area contributed by atoms with Crippen molar-refractivity contribution in [3.63, 3.8) is 0 Å². The van der Waals surface area contributed by atoms with E-state index in [0.29, 0.717) is 24.3 Å². The van der Waals surface area contributed by atoms with Crippen LogP contribution in [0.3, 0.4) is 0 Å². The van der Waals surface area contributed by atoms with E-state index in [4.69, 9.17) is 45.6 Å². The maximum atomic E-state index is 13.9. The molecular weight excluding hydrogens is 1520 g/mol. The van der Waals surface area contributed by atoms with Gasteiger partial charge in [0.2, 0.25) is 5.78 Å². The second-order valence-corrected chi connectivity index (χ2v) is 33.9. The number of halogens is 1. The summed E-state index contributed by atoms with van der Waals surface area (Å²) in [6, 6.07) is 22.7. The van der Waals surface area contributed by atoms with E-state index in [1.165, 1.54) is 50.6 Å². The van der Waals surface area contributed by atoms with Gasteiger partial charge in [-0.15, -0.1) is 0 Å². The molecule has 12 unspecified atom stereocenters. The number of aliphatic hydroxyl groups is 6. The van der Waals surface area contributed by atoms with Gasteiger partial charge >= 0.3 is 331 Å². The molecule has 8 aliphatic rings. The number of hydrogen-bond donors (Lipinski definition) is 11. The van der Waals surface area contributed by atoms with E-state index in [9.17, 15) is 79.8 Å². The van der Waals surface area contributed by atoms with Crippen molar-refractivity contribution in [3.8, 4) is 57.5 Å². The van der Waals surface area contributed by atoms with E-state index in [1.54, 1.807) is 6.92 Å². The summed E-state index contributed by atoms with van der Waals surface area (Å²) in [5, 5.41) is 110. The predicted octanol–water partition coefficient (Wildman–Crippen LogP) is 4.44. The first-order valence-corrected chi connectivity index (χ1v) is 40.0. The Bertz CT molecular complexity index is 4190. The average molecular weight is 1590 g/mol. The van der Waals surface area contributed by atoms with Crippen LogP contribution in [-0.2, 0) is 31.9 Å². The second kappa shape index (κ2) is 27.8. The van der Waals surface area contributed by atoms with Gasteiger partial charge in [-0.2, -0.15) is 0 Å². The van der Waals surface area contributed by atoms with Crippen LogP contribution in [-0.4, -0.2) is 212 Å². The molecule has 0 radical (unpaired) electrons. The van der Waals surface area contributed by atoms with Gasteiger partial charge in [-0.25, -0.2) is 0 Å². The number of phenolic OH excluding ortho intramolecular Hbond substituents is 4. The first-order chi connectivity index (χ1) is 46.7. The van der Waals surface area contributed by atoms with Gasteiger partial charge in [-0.1, -0.05) is 31.2 Å². The first kappa shape index (κ1) is 70.7. The Kier molecular flexibility index (Phi) is 20.0. The molecule has 12 N–H and O–H groups in total. The van der Waals surface area contributed by atoms with E-state index in [-0.39, 0.29) is 80.7 Å². The van der Waals surface area contributed by atoms with E-state index in [2.05, 4.69) is 0 Å². The van der Waals surface area contributed by atoms with Gasteiger partial charge in [0, 0.05) is 35.6 Å². The van der Waals surface area contributed by atoms with Crippen LogP contribution in [0.5, 0.6) is 57.5 Å². The fraction of sp³-hybridized carbons (Fsp3) is 0.391. The number of carbonyl (C=O) groups is 6. The molecule has 29 heteroatoms. The fourth-order valence-electron chi connectivity index (χ4n) is 14.6. The number of likely N-dealkylation sites (N-methyl/N-ethyl adjacent to an activating group) is 1. The molecule has 12 atom stereocenters. The zero-order valence-corrected chi connectivity index (χ0v) is 59.3. The number of nitrogens with two attached hydrogens (primary N) is 1. The van der Waals surface area contributed by atoms with Crippen LogP contribution in [0.25, 0.3) is 0 Å². The SMILES string of the molecule is COc1cccc2c1C(=O)c1c(O)c3c(c(O)c1C2=O)CC(O)(C(=O)CO)CC3OC1CC(C)C(O)C(N)C1.COc1cccc2c1C(=O)c1c(O)c3c(c(O)c1C2=O)CC(O)(C(=O)CO)CC3OC1CC(C)C(O)C([N](C)[Sb]2[O]c3ccccc3[O]2)C1.[Cl][Sb]1[O]c2ccccc2[O]1. The zero-order valence-electron chi connectivity index (χ0n) is 53.4. The third-order valence-electron chi connectivity index (χ3n) is 19.6. The van der Waals surface area contributed by atoms with Crippen molar-refractivity contribution in [1.29, 1.82) is 0 Å². The topological polar surface area (TPSA) is 408 Å². The van der Waals surface area contributed by atoms with Gasteiger partial charge in [-0.05, 0) is 30.9 Å². The molecule has 98 heavy (non-hydrogen) atoms. The molecule has 2 saturated carbocycles. The maximum absolute atomic E-state index is 13.9. The van der Waals surface area contributed by atoms with Crippen molar-refractivity contribution < 1.29 is 111 Å². The predicted molar refractivity (Wildman–Crippen MR) is 346 cm³/mol. The van der Waals surface area contributed by atoms with Gasteiger partial charge in [0.25, 0.3) is 0 Å². The third kappa shape index (κ3) is 12.4. The van der Waals surface area contributed by atoms with Gasteiger partial charge in [0.15, 0.2) is 11.6 Å². The summed E-state index contributed by atoms with van der Waals surface area (Å²) >= 11 is -5.27. The molecule has 2 heterocycles. The quantitative estimate of drug-likeness (QED) is 0.0595. The standard InChI is InChI=1S/C29H32NO10.C28H31NO10.2C6H6O2.ClH.2Sb/c1-12-7-13(8-16(30-2)24(12)33)40-18-10-29(38,19(32)11-31)9-15-21(18)28(37)23-22(26(15)35)25(34)14-5-4-6-17(39-3)20(14)27(23)36;1-11-6-12(7-15(29)23(11)32)39-17-9-28(37,18(31)10-30)8-14-20(17)27(36)22-21(25(14)34)24(33)13-4-3-5-16(38-2)19(13)26(22)35;2*7-5-3-1-2-4-6(5)8;;;/h4-6,12-13,16,18,24,31,33,35,37-38H,7-11H2,1-3H3;3-5,11-12,15,17,23,30,32,34,36-37H,6-10,29H2,1-2H3;2*1-4,7-8H;1H;;/q-1;;;;;2*+3/p-5. The number of para-hydroxylation sites is 4. The van der Waals surface area contributed by atoms with Gasteiger partial charge in [-0.3, -0.25) is 14.4 Å². The Morgan fingerprint density at radius 2 is 0.949 bits per heavy atom. The number of hydrogen-bond acceptors (Lipinski definition) is 26. The van der Waals surface area contributed by atoms with Crippen molar-refractivity contribution >= 4 is 84.8 Å². The summed E-state index contributed by atoms with van der Waals surface area (Å²) < 4.78 is 48.2. The Morgan fingerprint density at radius 3 is 1.35 bits per heavy atom. The molecule has 14 rings (SSSR count). The van der Waals surface area contributed by atoms with E-state index >= 15 is 0 Å². The molecule has 2 fully saturated rings. The number of nitrogens with zero attached hydrogens (tertiary/aromatic N) is 1. The fourth-order valence-corrected chi connectivity index (χ4v) is 21.5. The molecule has 0 amide bonds. The zero-order chi connectivity index (χ0) is 70.3. The molecule has 518 valence electrons. The minimum absolute atomic E-state index is 0.0319. The summed E-state index contributed by atoms with van der Waals surface area (Å²) in [5.41, 5.74) is -0.632. The molecule has 6 aromatic carbocycles. The van der Waals surface area contributed by atoms with Crippen LogP contribution in [0.4, 0.5) is 0 Å². The van der Waals surface area contributed by atoms with Crippen LogP contribution in [0.2, 0.25) is 0 Å². The number of aliphatic hydroxyl groups excluding tert-OH is 4. The molecule has 6 aliphatic carbocycles. The summed E-state index contributed by atoms with van der Waals surface area (Å²) in [7, 11) is 10.2. The van der Waals surface area contributed by atoms with Crippen LogP contribution < -0.4 is 27.3 Å². The Morgan fingerprint density at radius 1 is 0.561 bits per heavy atom. The van der Waals surface area contributed by atoms with Crippen LogP contribution in [0, 0.1) is 11.8 Å². The number of methoxy groups -OCH3 is 2. The van der Waals surface area contributed by atoms with Crippen molar-refractivity contribution in [2.24, 2.45) is 17.6 Å². The third-order valence-corrected chi connectivity index (χ3v) is 26.8. The Hall–Kier alpha value is -7.13. The molecule has 0 saturated heterocycles. The number of ether oxygens (including phenoxy) is 4. The number of ketones is 6. The Balaban J connectivity index is 0.000000166. The molecule has 6 aromatic rings. The number of aromatic hydroxyl groups is 4. The van der Waals surface area contributed by atoms with Gasteiger partial charge < -0.3 is 45.5 Å². The molecule has 0 bridgehead atoms. The van der Waals surface area contributed by atoms with Gasteiger partial charge in [0.05, 0.1) is 49.2 Å². The average Bonchev–Trinajstić information content (AvgIpc) is 0.782. The van der Waals surface area contributed by atoms with Gasteiger partial charge in [0.1, 0.15) is 29.5 Å².